The molecule has 1 aliphatic rings. The molecule has 2 N–H and O–H groups in total. The Labute approximate surface area is 104 Å². The maximum Gasteiger partial charge on any atom is 0.110 e. The van der Waals surface area contributed by atoms with Gasteiger partial charge in [0.2, 0.25) is 0 Å². The minimum atomic E-state index is -0.0354. The van der Waals surface area contributed by atoms with Gasteiger partial charge in [-0.25, -0.2) is 4.98 Å². The van der Waals surface area contributed by atoms with Crippen LogP contribution in [0.2, 0.25) is 0 Å². The van der Waals surface area contributed by atoms with Crippen LogP contribution >= 0.6 is 0 Å². The molecule has 0 amide bonds. The Morgan fingerprint density at radius 1 is 1.59 bits per heavy atom. The maximum atomic E-state index is 6.59. The molecular formula is C14H25N3. The second-order valence-electron chi connectivity index (χ2n) is 6.09. The number of rotatable bonds is 3. The normalized spacial score (nSPS) is 29.8. The minimum Gasteiger partial charge on any atom is -0.338 e. The second-order valence-corrected chi connectivity index (χ2v) is 6.09. The zero-order valence-corrected chi connectivity index (χ0v) is 11.3. The van der Waals surface area contributed by atoms with E-state index >= 15 is 0 Å². The summed E-state index contributed by atoms with van der Waals surface area (Å²) in [7, 11) is 2.05. The summed E-state index contributed by atoms with van der Waals surface area (Å²) in [6.45, 7) is 4.63. The van der Waals surface area contributed by atoms with Crippen LogP contribution in [0.15, 0.2) is 12.4 Å². The Morgan fingerprint density at radius 2 is 2.35 bits per heavy atom. The summed E-state index contributed by atoms with van der Waals surface area (Å²) in [5.41, 5.74) is 6.56. The van der Waals surface area contributed by atoms with Crippen LogP contribution in [0.1, 0.15) is 45.4 Å². The zero-order valence-electron chi connectivity index (χ0n) is 11.3. The summed E-state index contributed by atoms with van der Waals surface area (Å²) in [6.07, 6.45) is 9.68. The maximum absolute atomic E-state index is 6.59. The SMILES string of the molecule is CC(C)C1CCCC(N)(Cc2nccn2C)C1. The molecule has 1 aliphatic carbocycles. The van der Waals surface area contributed by atoms with Crippen LogP contribution in [-0.4, -0.2) is 15.1 Å². The van der Waals surface area contributed by atoms with Crippen molar-refractivity contribution in [2.75, 3.05) is 0 Å². The van der Waals surface area contributed by atoms with Gasteiger partial charge in [-0.2, -0.15) is 0 Å². The first-order valence-corrected chi connectivity index (χ1v) is 6.75. The lowest BCUT2D eigenvalue weighted by atomic mass is 9.71. The standard InChI is InChI=1S/C14H25N3/c1-11(2)12-5-4-6-14(15,9-12)10-13-16-7-8-17(13)3/h7-8,11-12H,4-6,9-10,15H2,1-3H3. The highest BCUT2D eigenvalue weighted by Gasteiger charge is 2.34. The third-order valence-corrected chi connectivity index (χ3v) is 4.29. The predicted molar refractivity (Wildman–Crippen MR) is 70.6 cm³/mol. The molecule has 0 saturated heterocycles. The van der Waals surface area contributed by atoms with Gasteiger partial charge in [-0.05, 0) is 24.7 Å². The van der Waals surface area contributed by atoms with E-state index in [4.69, 9.17) is 5.73 Å². The second kappa shape index (κ2) is 4.81. The van der Waals surface area contributed by atoms with Crippen LogP contribution in [0.25, 0.3) is 0 Å². The topological polar surface area (TPSA) is 43.8 Å². The predicted octanol–water partition coefficient (Wildman–Crippen LogP) is 2.51. The zero-order chi connectivity index (χ0) is 12.5. The van der Waals surface area contributed by atoms with Crippen molar-refractivity contribution in [1.29, 1.82) is 0 Å². The first kappa shape index (κ1) is 12.6. The third-order valence-electron chi connectivity index (χ3n) is 4.29. The van der Waals surface area contributed by atoms with E-state index in [1.807, 2.05) is 12.4 Å². The molecule has 1 fully saturated rings. The molecule has 1 aromatic rings. The van der Waals surface area contributed by atoms with Gasteiger partial charge < -0.3 is 10.3 Å². The molecule has 3 heteroatoms. The summed E-state index contributed by atoms with van der Waals surface area (Å²) in [4.78, 5) is 4.41. The molecule has 0 bridgehead atoms. The summed E-state index contributed by atoms with van der Waals surface area (Å²) < 4.78 is 2.09. The molecule has 96 valence electrons. The Balaban J connectivity index is 2.06. The van der Waals surface area contributed by atoms with E-state index in [9.17, 15) is 0 Å². The molecule has 3 nitrogen and oxygen atoms in total. The third kappa shape index (κ3) is 2.89. The fourth-order valence-corrected chi connectivity index (χ4v) is 3.05. The molecule has 0 spiro atoms. The highest BCUT2D eigenvalue weighted by molar-refractivity contribution is 5.02. The average Bonchev–Trinajstić information content (AvgIpc) is 2.64. The van der Waals surface area contributed by atoms with E-state index < -0.39 is 0 Å². The molecule has 2 unspecified atom stereocenters. The van der Waals surface area contributed by atoms with Crippen molar-refractivity contribution in [3.8, 4) is 0 Å². The Bertz CT molecular complexity index is 369. The number of aromatic nitrogens is 2. The van der Waals surface area contributed by atoms with Crippen molar-refractivity contribution in [3.05, 3.63) is 18.2 Å². The first-order chi connectivity index (χ1) is 8.00. The first-order valence-electron chi connectivity index (χ1n) is 6.75. The van der Waals surface area contributed by atoms with Gasteiger partial charge in [0.25, 0.3) is 0 Å². The van der Waals surface area contributed by atoms with E-state index in [-0.39, 0.29) is 5.54 Å². The quantitative estimate of drug-likeness (QED) is 0.875. The summed E-state index contributed by atoms with van der Waals surface area (Å²) in [5.74, 6) is 2.66. The van der Waals surface area contributed by atoms with Crippen molar-refractivity contribution in [2.24, 2.45) is 24.6 Å². The lowest BCUT2D eigenvalue weighted by molar-refractivity contribution is 0.180. The smallest absolute Gasteiger partial charge is 0.110 e. The van der Waals surface area contributed by atoms with Gasteiger partial charge in [-0.1, -0.05) is 26.7 Å². The Kier molecular flexibility index (Phi) is 3.57. The molecule has 0 radical (unpaired) electrons. The monoisotopic (exact) mass is 235 g/mol. The van der Waals surface area contributed by atoms with Crippen molar-refractivity contribution >= 4 is 0 Å². The van der Waals surface area contributed by atoms with E-state index in [2.05, 4.69) is 30.4 Å². The highest BCUT2D eigenvalue weighted by atomic mass is 15.0. The number of hydrogen-bond donors (Lipinski definition) is 1. The lowest BCUT2D eigenvalue weighted by Gasteiger charge is -2.39. The van der Waals surface area contributed by atoms with Gasteiger partial charge in [-0.3, -0.25) is 0 Å². The molecular weight excluding hydrogens is 210 g/mol. The van der Waals surface area contributed by atoms with Crippen LogP contribution in [-0.2, 0) is 13.5 Å². The average molecular weight is 235 g/mol. The number of imidazole rings is 1. The van der Waals surface area contributed by atoms with Gasteiger partial charge >= 0.3 is 0 Å². The van der Waals surface area contributed by atoms with E-state index in [1.165, 1.54) is 12.8 Å². The molecule has 0 aromatic carbocycles. The van der Waals surface area contributed by atoms with Crippen LogP contribution in [0.4, 0.5) is 0 Å². The largest absolute Gasteiger partial charge is 0.338 e. The van der Waals surface area contributed by atoms with Crippen molar-refractivity contribution in [3.63, 3.8) is 0 Å². The van der Waals surface area contributed by atoms with Crippen molar-refractivity contribution in [1.82, 2.24) is 9.55 Å². The molecule has 2 rings (SSSR count). The number of hydrogen-bond acceptors (Lipinski definition) is 2. The number of aryl methyl sites for hydroxylation is 1. The summed E-state index contributed by atoms with van der Waals surface area (Å²) in [6, 6.07) is 0. The van der Waals surface area contributed by atoms with Gasteiger partial charge in [0, 0.05) is 31.4 Å². The molecule has 1 saturated carbocycles. The fraction of sp³-hybridized carbons (Fsp3) is 0.786. The molecule has 1 heterocycles. The molecule has 2 atom stereocenters. The Morgan fingerprint density at radius 3 is 2.94 bits per heavy atom. The fourth-order valence-electron chi connectivity index (χ4n) is 3.05. The van der Waals surface area contributed by atoms with Crippen LogP contribution in [0.3, 0.4) is 0 Å². The summed E-state index contributed by atoms with van der Waals surface area (Å²) >= 11 is 0. The van der Waals surface area contributed by atoms with E-state index in [1.54, 1.807) is 0 Å². The minimum absolute atomic E-state index is 0.0354. The van der Waals surface area contributed by atoms with Crippen LogP contribution in [0, 0.1) is 11.8 Å². The van der Waals surface area contributed by atoms with E-state index in [0.29, 0.717) is 0 Å². The molecule has 1 aromatic heterocycles. The highest BCUT2D eigenvalue weighted by Crippen LogP contribution is 2.36. The van der Waals surface area contributed by atoms with Crippen molar-refractivity contribution < 1.29 is 0 Å². The lowest BCUT2D eigenvalue weighted by Crippen LogP contribution is -2.47. The van der Waals surface area contributed by atoms with E-state index in [0.717, 1.165) is 36.9 Å². The van der Waals surface area contributed by atoms with Gasteiger partial charge in [0.15, 0.2) is 0 Å². The molecule has 0 aliphatic heterocycles. The van der Waals surface area contributed by atoms with Gasteiger partial charge in [0.05, 0.1) is 0 Å². The van der Waals surface area contributed by atoms with Gasteiger partial charge in [-0.15, -0.1) is 0 Å². The number of nitrogens with two attached hydrogens (primary N) is 1. The summed E-state index contributed by atoms with van der Waals surface area (Å²) in [5, 5.41) is 0. The number of nitrogens with zero attached hydrogens (tertiary/aromatic N) is 2. The van der Waals surface area contributed by atoms with Gasteiger partial charge in [0.1, 0.15) is 5.82 Å². The Hall–Kier alpha value is -0.830. The van der Waals surface area contributed by atoms with Crippen LogP contribution < -0.4 is 5.73 Å². The molecule has 17 heavy (non-hydrogen) atoms. The van der Waals surface area contributed by atoms with Crippen molar-refractivity contribution in [2.45, 2.75) is 51.5 Å². The van der Waals surface area contributed by atoms with Crippen LogP contribution in [0.5, 0.6) is 0 Å².